The van der Waals surface area contributed by atoms with Gasteiger partial charge in [-0.15, -0.1) is 0 Å². The molecule has 0 aliphatic carbocycles. The van der Waals surface area contributed by atoms with Gasteiger partial charge >= 0.3 is 5.97 Å². The smallest absolute Gasteiger partial charge is 0.376 e. The number of rotatable bonds is 7. The second kappa shape index (κ2) is 8.26. The molecule has 142 valence electrons. The Morgan fingerprint density at radius 3 is 2.39 bits per heavy atom. The molecule has 0 amide bonds. The van der Waals surface area contributed by atoms with Gasteiger partial charge < -0.3 is 20.3 Å². The predicted molar refractivity (Wildman–Crippen MR) is 108 cm³/mol. The Balaban J connectivity index is 1.81. The van der Waals surface area contributed by atoms with Crippen molar-refractivity contribution < 1.29 is 24.5 Å². The lowest BCUT2D eigenvalue weighted by molar-refractivity contribution is -0.146. The first kappa shape index (κ1) is 19.0. The number of aliphatic hydroxyl groups excluding tert-OH is 1. The molecule has 3 aromatic rings. The number of hydrogen-bond donors (Lipinski definition) is 3. The van der Waals surface area contributed by atoms with E-state index in [-0.39, 0.29) is 0 Å². The second-order valence-electron chi connectivity index (χ2n) is 6.14. The van der Waals surface area contributed by atoms with Crippen LogP contribution in [0.1, 0.15) is 11.1 Å². The number of hydrogen-bond acceptors (Lipinski definition) is 5. The average Bonchev–Trinajstić information content (AvgIpc) is 2.71. The largest absolute Gasteiger partial charge is 0.507 e. The van der Waals surface area contributed by atoms with Crippen molar-refractivity contribution in [1.29, 1.82) is 0 Å². The highest BCUT2D eigenvalue weighted by atomic mass is 16.5. The van der Waals surface area contributed by atoms with E-state index in [1.807, 2.05) is 42.5 Å². The van der Waals surface area contributed by atoms with Gasteiger partial charge in [-0.25, -0.2) is 4.79 Å². The molecule has 3 rings (SSSR count). The zero-order valence-corrected chi connectivity index (χ0v) is 15.2. The third-order valence-corrected chi connectivity index (χ3v) is 4.27. The van der Waals surface area contributed by atoms with E-state index in [1.54, 1.807) is 25.3 Å². The Bertz CT molecular complexity index is 1070. The quantitative estimate of drug-likeness (QED) is 0.327. The van der Waals surface area contributed by atoms with Gasteiger partial charge in [0.25, 0.3) is 5.78 Å². The summed E-state index contributed by atoms with van der Waals surface area (Å²) in [7, 11) is 1.62. The molecular weight excluding hydrogens is 358 g/mol. The fourth-order valence-corrected chi connectivity index (χ4v) is 2.85. The maximum atomic E-state index is 11.2. The maximum Gasteiger partial charge on any atom is 0.376 e. The van der Waals surface area contributed by atoms with E-state index in [1.165, 1.54) is 0 Å². The standard InChI is InChI=1S/C22H19NO5/c1-28-21-11-15-6-3-2-5-14(15)9-17(21)13-23-18-8-4-7-16(10-18)19(24)12-20(25)22(26)27/h2-12,23-24H,13H2,1H3,(H,26,27)/b19-12-. The van der Waals surface area contributed by atoms with E-state index in [0.29, 0.717) is 23.9 Å². The molecule has 0 unspecified atom stereocenters. The van der Waals surface area contributed by atoms with Crippen LogP contribution in [-0.4, -0.2) is 29.1 Å². The minimum Gasteiger partial charge on any atom is -0.507 e. The highest BCUT2D eigenvalue weighted by Gasteiger charge is 2.11. The van der Waals surface area contributed by atoms with Crippen LogP contribution in [0.5, 0.6) is 5.75 Å². The summed E-state index contributed by atoms with van der Waals surface area (Å²) in [5.41, 5.74) is 2.01. The highest BCUT2D eigenvalue weighted by Crippen LogP contribution is 2.27. The van der Waals surface area contributed by atoms with Crippen molar-refractivity contribution in [3.8, 4) is 5.75 Å². The molecule has 0 saturated carbocycles. The molecule has 28 heavy (non-hydrogen) atoms. The molecule has 0 aliphatic heterocycles. The number of methoxy groups -OCH3 is 1. The monoisotopic (exact) mass is 377 g/mol. The number of benzene rings is 3. The van der Waals surface area contributed by atoms with Crippen molar-refractivity contribution in [1.82, 2.24) is 0 Å². The number of nitrogens with one attached hydrogen (secondary N) is 1. The number of aliphatic hydroxyl groups is 1. The van der Waals surface area contributed by atoms with E-state index in [4.69, 9.17) is 9.84 Å². The van der Waals surface area contributed by atoms with Crippen LogP contribution in [-0.2, 0) is 16.1 Å². The lowest BCUT2D eigenvalue weighted by Gasteiger charge is -2.13. The number of carboxylic acid groups (broad SMARTS) is 1. The van der Waals surface area contributed by atoms with Gasteiger partial charge in [0.15, 0.2) is 0 Å². The van der Waals surface area contributed by atoms with Crippen LogP contribution >= 0.6 is 0 Å². The highest BCUT2D eigenvalue weighted by molar-refractivity contribution is 6.38. The minimum atomic E-state index is -1.62. The summed E-state index contributed by atoms with van der Waals surface area (Å²) in [4.78, 5) is 21.9. The van der Waals surface area contributed by atoms with E-state index in [2.05, 4.69) is 5.32 Å². The fraction of sp³-hybridized carbons (Fsp3) is 0.0909. The van der Waals surface area contributed by atoms with Gasteiger partial charge in [-0.3, -0.25) is 4.79 Å². The van der Waals surface area contributed by atoms with Crippen molar-refractivity contribution in [3.63, 3.8) is 0 Å². The molecule has 0 spiro atoms. The van der Waals surface area contributed by atoms with Gasteiger partial charge in [0.2, 0.25) is 0 Å². The molecule has 0 radical (unpaired) electrons. The number of anilines is 1. The van der Waals surface area contributed by atoms with Crippen molar-refractivity contribution in [3.05, 3.63) is 77.9 Å². The Labute approximate surface area is 161 Å². The van der Waals surface area contributed by atoms with Crippen molar-refractivity contribution in [2.45, 2.75) is 6.54 Å². The molecule has 3 aromatic carbocycles. The SMILES string of the molecule is COc1cc2ccccc2cc1CNc1cccc(/C(O)=C/C(=O)C(=O)O)c1. The third-order valence-electron chi connectivity index (χ3n) is 4.27. The first-order chi connectivity index (χ1) is 13.5. The van der Waals surface area contributed by atoms with E-state index < -0.39 is 17.5 Å². The Morgan fingerprint density at radius 2 is 1.71 bits per heavy atom. The van der Waals surface area contributed by atoms with Crippen LogP contribution in [0.15, 0.2) is 66.7 Å². The number of ether oxygens (including phenoxy) is 1. The summed E-state index contributed by atoms with van der Waals surface area (Å²) >= 11 is 0. The number of aliphatic carboxylic acids is 1. The molecule has 3 N–H and O–H groups in total. The zero-order chi connectivity index (χ0) is 20.1. The van der Waals surface area contributed by atoms with Crippen molar-refractivity contribution in [2.75, 3.05) is 12.4 Å². The molecule has 0 atom stereocenters. The maximum absolute atomic E-state index is 11.2. The topological polar surface area (TPSA) is 95.9 Å². The Kier molecular flexibility index (Phi) is 5.60. The fourth-order valence-electron chi connectivity index (χ4n) is 2.85. The van der Waals surface area contributed by atoms with Crippen LogP contribution in [0.4, 0.5) is 5.69 Å². The van der Waals surface area contributed by atoms with Crippen molar-refractivity contribution >= 4 is 34.0 Å². The summed E-state index contributed by atoms with van der Waals surface area (Å²) in [6, 6.07) is 18.8. The van der Waals surface area contributed by atoms with E-state index >= 15 is 0 Å². The molecule has 0 saturated heterocycles. The predicted octanol–water partition coefficient (Wildman–Crippen LogP) is 4.01. The Morgan fingerprint density at radius 1 is 1.00 bits per heavy atom. The van der Waals surface area contributed by atoms with Crippen LogP contribution in [0.2, 0.25) is 0 Å². The summed E-state index contributed by atoms with van der Waals surface area (Å²) in [6.07, 6.45) is 0.688. The van der Waals surface area contributed by atoms with Crippen molar-refractivity contribution in [2.24, 2.45) is 0 Å². The molecule has 0 heterocycles. The molecule has 0 fully saturated rings. The normalized spacial score (nSPS) is 11.2. The molecule has 0 aromatic heterocycles. The van der Waals surface area contributed by atoms with Crippen LogP contribution < -0.4 is 10.1 Å². The Hall–Kier alpha value is -3.80. The van der Waals surface area contributed by atoms with Gasteiger partial charge in [-0.2, -0.15) is 0 Å². The lowest BCUT2D eigenvalue weighted by Crippen LogP contribution is -2.09. The zero-order valence-electron chi connectivity index (χ0n) is 15.2. The number of carbonyl (C=O) groups is 2. The third kappa shape index (κ3) is 4.29. The van der Waals surface area contributed by atoms with Gasteiger partial charge in [-0.05, 0) is 35.0 Å². The molecule has 0 bridgehead atoms. The number of carbonyl (C=O) groups excluding carboxylic acids is 1. The summed E-state index contributed by atoms with van der Waals surface area (Å²) in [6.45, 7) is 0.482. The second-order valence-corrected chi connectivity index (χ2v) is 6.14. The number of carboxylic acids is 1. The van der Waals surface area contributed by atoms with E-state index in [0.717, 1.165) is 22.1 Å². The summed E-state index contributed by atoms with van der Waals surface area (Å²) < 4.78 is 5.49. The average molecular weight is 377 g/mol. The summed E-state index contributed by atoms with van der Waals surface area (Å²) in [5, 5.41) is 24.1. The summed E-state index contributed by atoms with van der Waals surface area (Å²) in [5.74, 6) is -2.45. The molecular formula is C22H19NO5. The molecule has 0 aliphatic rings. The first-order valence-corrected chi connectivity index (χ1v) is 8.56. The lowest BCUT2D eigenvalue weighted by atomic mass is 10.1. The molecule has 6 nitrogen and oxygen atoms in total. The van der Waals surface area contributed by atoms with Gasteiger partial charge in [0.05, 0.1) is 7.11 Å². The number of ketones is 1. The molecule has 6 heteroatoms. The van der Waals surface area contributed by atoms with Crippen LogP contribution in [0.3, 0.4) is 0 Å². The van der Waals surface area contributed by atoms with Crippen LogP contribution in [0, 0.1) is 0 Å². The van der Waals surface area contributed by atoms with Gasteiger partial charge in [0.1, 0.15) is 11.5 Å². The van der Waals surface area contributed by atoms with Crippen LogP contribution in [0.25, 0.3) is 16.5 Å². The van der Waals surface area contributed by atoms with Gasteiger partial charge in [0, 0.05) is 29.4 Å². The van der Waals surface area contributed by atoms with Gasteiger partial charge in [-0.1, -0.05) is 36.4 Å². The minimum absolute atomic E-state index is 0.338. The number of fused-ring (bicyclic) bond motifs is 1. The first-order valence-electron chi connectivity index (χ1n) is 8.56. The van der Waals surface area contributed by atoms with E-state index in [9.17, 15) is 14.7 Å².